The molecule has 2 rings (SSSR count). The van der Waals surface area contributed by atoms with Crippen LogP contribution in [0.2, 0.25) is 0 Å². The Bertz CT molecular complexity index is 689. The van der Waals surface area contributed by atoms with Gasteiger partial charge >= 0.3 is 0 Å². The average Bonchev–Trinajstić information content (AvgIpc) is 2.54. The minimum atomic E-state index is -0.250. The summed E-state index contributed by atoms with van der Waals surface area (Å²) < 4.78 is 0. The molecule has 0 unspecified atom stereocenters. The first-order chi connectivity index (χ1) is 10.6. The maximum Gasteiger partial charge on any atom is 0.269 e. The molecule has 2 aromatic carbocycles. The number of allylic oxidation sites excluding steroid dienone is 2. The summed E-state index contributed by atoms with van der Waals surface area (Å²) in [5, 5.41) is 0. The van der Waals surface area contributed by atoms with Crippen LogP contribution < -0.4 is 10.9 Å². The molecule has 0 saturated carbocycles. The van der Waals surface area contributed by atoms with Crippen LogP contribution in [0.3, 0.4) is 0 Å². The van der Waals surface area contributed by atoms with Crippen LogP contribution in [0.5, 0.6) is 0 Å². The Morgan fingerprint density at radius 2 is 1.50 bits per heavy atom. The van der Waals surface area contributed by atoms with Crippen LogP contribution in [0.1, 0.15) is 33.2 Å². The van der Waals surface area contributed by atoms with Crippen molar-refractivity contribution in [1.29, 1.82) is 0 Å². The molecule has 0 saturated heterocycles. The normalized spacial score (nSPS) is 10.9. The Labute approximate surface area is 129 Å². The van der Waals surface area contributed by atoms with E-state index in [9.17, 15) is 9.59 Å². The zero-order chi connectivity index (χ0) is 15.9. The van der Waals surface area contributed by atoms with Crippen molar-refractivity contribution < 1.29 is 9.59 Å². The number of hydrogen-bond acceptors (Lipinski definition) is 3. The minimum Gasteiger partial charge on any atom is -0.303 e. The number of hydrazine groups is 1. The van der Waals surface area contributed by atoms with Gasteiger partial charge in [0.2, 0.25) is 0 Å². The van der Waals surface area contributed by atoms with Crippen molar-refractivity contribution in [3.63, 3.8) is 0 Å². The molecule has 0 fully saturated rings. The van der Waals surface area contributed by atoms with Crippen molar-refractivity contribution in [2.75, 3.05) is 0 Å². The summed E-state index contributed by atoms with van der Waals surface area (Å²) >= 11 is 0. The SMILES string of the molecule is C/C(=C\C(=O)c1ccccc1)NNC(=O)c1ccc(C)cc1. The van der Waals surface area contributed by atoms with E-state index in [1.807, 2.05) is 37.3 Å². The van der Waals surface area contributed by atoms with Gasteiger partial charge in [-0.3, -0.25) is 15.0 Å². The Morgan fingerprint density at radius 3 is 2.14 bits per heavy atom. The van der Waals surface area contributed by atoms with Gasteiger partial charge in [0.05, 0.1) is 0 Å². The highest BCUT2D eigenvalue weighted by Gasteiger charge is 2.05. The number of rotatable bonds is 5. The second-order valence-corrected chi connectivity index (χ2v) is 5.00. The molecule has 0 atom stereocenters. The third kappa shape index (κ3) is 4.31. The fourth-order valence-corrected chi connectivity index (χ4v) is 1.85. The van der Waals surface area contributed by atoms with Gasteiger partial charge in [-0.15, -0.1) is 0 Å². The van der Waals surface area contributed by atoms with E-state index in [0.717, 1.165) is 5.56 Å². The maximum absolute atomic E-state index is 12.0. The molecular weight excluding hydrogens is 276 g/mol. The number of aryl methyl sites for hydroxylation is 1. The van der Waals surface area contributed by atoms with Crippen molar-refractivity contribution in [3.8, 4) is 0 Å². The summed E-state index contributed by atoms with van der Waals surface area (Å²) in [4.78, 5) is 23.9. The molecule has 0 radical (unpaired) electrons. The van der Waals surface area contributed by atoms with Crippen molar-refractivity contribution in [3.05, 3.63) is 83.1 Å². The van der Waals surface area contributed by atoms with Crippen LogP contribution in [0.4, 0.5) is 0 Å². The van der Waals surface area contributed by atoms with E-state index in [1.165, 1.54) is 6.08 Å². The number of carbonyl (C=O) groups is 2. The lowest BCUT2D eigenvalue weighted by Gasteiger charge is -2.09. The number of nitrogens with one attached hydrogen (secondary N) is 2. The first kappa shape index (κ1) is 15.5. The first-order valence-corrected chi connectivity index (χ1v) is 6.97. The van der Waals surface area contributed by atoms with Crippen LogP contribution >= 0.6 is 0 Å². The van der Waals surface area contributed by atoms with Gasteiger partial charge in [0.1, 0.15) is 0 Å². The largest absolute Gasteiger partial charge is 0.303 e. The molecule has 4 heteroatoms. The molecule has 112 valence electrons. The second kappa shape index (κ2) is 7.22. The highest BCUT2D eigenvalue weighted by Crippen LogP contribution is 2.04. The minimum absolute atomic E-state index is 0.116. The lowest BCUT2D eigenvalue weighted by atomic mass is 10.1. The standard InChI is InChI=1S/C18H18N2O2/c1-13-8-10-16(11-9-13)18(22)20-19-14(2)12-17(21)15-6-4-3-5-7-15/h3-12,19H,1-2H3,(H,20,22)/b14-12+. The van der Waals surface area contributed by atoms with E-state index < -0.39 is 0 Å². The number of amides is 1. The van der Waals surface area contributed by atoms with Gasteiger partial charge in [-0.1, -0.05) is 48.0 Å². The number of hydrogen-bond donors (Lipinski definition) is 2. The number of ketones is 1. The van der Waals surface area contributed by atoms with Crippen LogP contribution in [0, 0.1) is 6.92 Å². The first-order valence-electron chi connectivity index (χ1n) is 6.97. The topological polar surface area (TPSA) is 58.2 Å². The molecule has 4 nitrogen and oxygen atoms in total. The Balaban J connectivity index is 1.93. The summed E-state index contributed by atoms with van der Waals surface area (Å²) in [5.41, 5.74) is 8.12. The summed E-state index contributed by atoms with van der Waals surface area (Å²) in [6, 6.07) is 16.2. The zero-order valence-corrected chi connectivity index (χ0v) is 12.6. The van der Waals surface area contributed by atoms with E-state index in [2.05, 4.69) is 10.9 Å². The summed E-state index contributed by atoms with van der Waals surface area (Å²) in [7, 11) is 0. The summed E-state index contributed by atoms with van der Waals surface area (Å²) in [6.07, 6.45) is 1.45. The van der Waals surface area contributed by atoms with Gasteiger partial charge in [-0.05, 0) is 26.0 Å². The number of benzene rings is 2. The van der Waals surface area contributed by atoms with Gasteiger partial charge in [-0.25, -0.2) is 0 Å². The highest BCUT2D eigenvalue weighted by molar-refractivity contribution is 6.04. The van der Waals surface area contributed by atoms with Crippen molar-refractivity contribution in [2.24, 2.45) is 0 Å². The predicted octanol–water partition coefficient (Wildman–Crippen LogP) is 3.02. The molecule has 0 aromatic heterocycles. The van der Waals surface area contributed by atoms with Gasteiger partial charge in [0, 0.05) is 22.9 Å². The molecule has 0 bridgehead atoms. The third-order valence-corrected chi connectivity index (χ3v) is 3.09. The third-order valence-electron chi connectivity index (χ3n) is 3.09. The molecule has 0 heterocycles. The van der Waals surface area contributed by atoms with E-state index >= 15 is 0 Å². The predicted molar refractivity (Wildman–Crippen MR) is 86.3 cm³/mol. The average molecular weight is 294 g/mol. The smallest absolute Gasteiger partial charge is 0.269 e. The van der Waals surface area contributed by atoms with Crippen LogP contribution in [0.25, 0.3) is 0 Å². The molecule has 0 aliphatic carbocycles. The summed E-state index contributed by atoms with van der Waals surface area (Å²) in [6.45, 7) is 3.68. The lowest BCUT2D eigenvalue weighted by molar-refractivity contribution is 0.0936. The van der Waals surface area contributed by atoms with Crippen molar-refractivity contribution in [2.45, 2.75) is 13.8 Å². The molecule has 2 aromatic rings. The molecule has 0 aliphatic heterocycles. The quantitative estimate of drug-likeness (QED) is 0.506. The second-order valence-electron chi connectivity index (χ2n) is 5.00. The molecule has 22 heavy (non-hydrogen) atoms. The molecule has 0 spiro atoms. The van der Waals surface area contributed by atoms with Gasteiger partial charge in [0.25, 0.3) is 5.91 Å². The van der Waals surface area contributed by atoms with Crippen molar-refractivity contribution in [1.82, 2.24) is 10.9 Å². The van der Waals surface area contributed by atoms with Gasteiger partial charge in [-0.2, -0.15) is 0 Å². The number of carbonyl (C=O) groups excluding carboxylic acids is 2. The molecule has 0 aliphatic rings. The maximum atomic E-state index is 12.0. The van der Waals surface area contributed by atoms with E-state index in [0.29, 0.717) is 16.8 Å². The Morgan fingerprint density at radius 1 is 0.864 bits per heavy atom. The van der Waals surface area contributed by atoms with E-state index in [4.69, 9.17) is 0 Å². The lowest BCUT2D eigenvalue weighted by Crippen LogP contribution is -2.36. The zero-order valence-electron chi connectivity index (χ0n) is 12.6. The Kier molecular flexibility index (Phi) is 5.09. The van der Waals surface area contributed by atoms with E-state index in [-0.39, 0.29) is 11.7 Å². The van der Waals surface area contributed by atoms with Crippen LogP contribution in [-0.4, -0.2) is 11.7 Å². The van der Waals surface area contributed by atoms with E-state index in [1.54, 1.807) is 31.2 Å². The molecular formula is C18H18N2O2. The summed E-state index contributed by atoms with van der Waals surface area (Å²) in [5.74, 6) is -0.366. The fourth-order valence-electron chi connectivity index (χ4n) is 1.85. The monoisotopic (exact) mass is 294 g/mol. The van der Waals surface area contributed by atoms with Gasteiger partial charge in [0.15, 0.2) is 5.78 Å². The fraction of sp³-hybridized carbons (Fsp3) is 0.111. The van der Waals surface area contributed by atoms with Crippen LogP contribution in [0.15, 0.2) is 66.4 Å². The Hall–Kier alpha value is -2.88. The van der Waals surface area contributed by atoms with Crippen LogP contribution in [-0.2, 0) is 0 Å². The highest BCUT2D eigenvalue weighted by atomic mass is 16.2. The molecule has 2 N–H and O–H groups in total. The molecule has 1 amide bonds. The van der Waals surface area contributed by atoms with Crippen molar-refractivity contribution >= 4 is 11.7 Å². The van der Waals surface area contributed by atoms with Gasteiger partial charge < -0.3 is 5.43 Å².